The van der Waals surface area contributed by atoms with Crippen molar-refractivity contribution in [3.05, 3.63) is 94.2 Å². The molecule has 3 rings (SSSR count). The van der Waals surface area contributed by atoms with Crippen LogP contribution in [0.4, 0.5) is 10.1 Å². The van der Waals surface area contributed by atoms with E-state index < -0.39 is 40.2 Å². The molecular formula is C29H33BrFN3O4S. The predicted octanol–water partition coefficient (Wildman–Crippen LogP) is 5.43. The third-order valence-electron chi connectivity index (χ3n) is 6.30. The Balaban J connectivity index is 2.00. The highest BCUT2D eigenvalue weighted by Crippen LogP contribution is 2.26. The van der Waals surface area contributed by atoms with Crippen molar-refractivity contribution in [1.29, 1.82) is 0 Å². The fourth-order valence-corrected chi connectivity index (χ4v) is 5.58. The maximum atomic E-state index is 14.6. The molecule has 0 aromatic heterocycles. The SMILES string of the molecule is CCCCNC(=O)[C@@H](C)N(Cc1ccccc1F)C(=O)CN(c1ccc(Br)cc1)S(=O)(=O)c1ccc(C)cc1. The van der Waals surface area contributed by atoms with Gasteiger partial charge in [0, 0.05) is 23.1 Å². The number of hydrogen-bond acceptors (Lipinski definition) is 4. The molecule has 39 heavy (non-hydrogen) atoms. The number of unbranched alkanes of at least 4 members (excludes halogenated alkanes) is 1. The van der Waals surface area contributed by atoms with Crippen LogP contribution >= 0.6 is 15.9 Å². The van der Waals surface area contributed by atoms with Crippen molar-refractivity contribution in [2.24, 2.45) is 0 Å². The Morgan fingerprint density at radius 1 is 1.00 bits per heavy atom. The molecule has 0 saturated carbocycles. The standard InChI is InChI=1S/C29H33BrFN3O4S/c1-4-5-18-32-29(36)22(3)33(19-23-8-6-7-9-27(23)31)28(35)20-34(25-14-12-24(30)13-15-25)39(37,38)26-16-10-21(2)11-17-26/h6-17,22H,4-5,18-20H2,1-3H3,(H,32,36)/t22-/m1/s1. The van der Waals surface area contributed by atoms with Gasteiger partial charge in [0.25, 0.3) is 10.0 Å². The fraction of sp³-hybridized carbons (Fsp3) is 0.310. The first-order chi connectivity index (χ1) is 18.5. The zero-order valence-corrected chi connectivity index (χ0v) is 24.6. The van der Waals surface area contributed by atoms with Crippen molar-refractivity contribution in [2.75, 3.05) is 17.4 Å². The number of aryl methyl sites for hydroxylation is 1. The van der Waals surface area contributed by atoms with Crippen LogP contribution in [-0.2, 0) is 26.2 Å². The Bertz CT molecular complexity index is 1380. The summed E-state index contributed by atoms with van der Waals surface area (Å²) in [4.78, 5) is 28.0. The number of hydrogen-bond donors (Lipinski definition) is 1. The summed E-state index contributed by atoms with van der Waals surface area (Å²) in [5.41, 5.74) is 1.38. The Morgan fingerprint density at radius 2 is 1.64 bits per heavy atom. The van der Waals surface area contributed by atoms with Gasteiger partial charge < -0.3 is 10.2 Å². The molecule has 0 unspecified atom stereocenters. The molecule has 0 saturated heterocycles. The van der Waals surface area contributed by atoms with Crippen molar-refractivity contribution in [1.82, 2.24) is 10.2 Å². The van der Waals surface area contributed by atoms with Gasteiger partial charge in [-0.15, -0.1) is 0 Å². The molecule has 0 aliphatic heterocycles. The number of amides is 2. The van der Waals surface area contributed by atoms with Crippen molar-refractivity contribution in [2.45, 2.75) is 51.1 Å². The summed E-state index contributed by atoms with van der Waals surface area (Å²) < 4.78 is 43.9. The maximum absolute atomic E-state index is 14.6. The molecule has 3 aromatic carbocycles. The lowest BCUT2D eigenvalue weighted by atomic mass is 10.1. The van der Waals surface area contributed by atoms with Crippen LogP contribution in [-0.4, -0.2) is 44.3 Å². The molecule has 1 atom stereocenters. The zero-order valence-electron chi connectivity index (χ0n) is 22.2. The molecule has 208 valence electrons. The van der Waals surface area contributed by atoms with E-state index >= 15 is 0 Å². The van der Waals surface area contributed by atoms with E-state index in [0.29, 0.717) is 6.54 Å². The lowest BCUT2D eigenvalue weighted by molar-refractivity contribution is -0.139. The molecule has 1 N–H and O–H groups in total. The van der Waals surface area contributed by atoms with E-state index in [1.54, 1.807) is 49.4 Å². The molecule has 0 heterocycles. The van der Waals surface area contributed by atoms with Gasteiger partial charge in [0.1, 0.15) is 18.4 Å². The first kappa shape index (κ1) is 30.3. The van der Waals surface area contributed by atoms with Crippen LogP contribution < -0.4 is 9.62 Å². The van der Waals surface area contributed by atoms with E-state index in [2.05, 4.69) is 21.2 Å². The van der Waals surface area contributed by atoms with Crippen LogP contribution in [0.3, 0.4) is 0 Å². The third-order valence-corrected chi connectivity index (χ3v) is 8.61. The summed E-state index contributed by atoms with van der Waals surface area (Å²) in [7, 11) is -4.16. The molecule has 0 aliphatic carbocycles. The Hall–Kier alpha value is -3.24. The Kier molecular flexibility index (Phi) is 10.7. The summed E-state index contributed by atoms with van der Waals surface area (Å²) in [6, 6.07) is 17.9. The van der Waals surface area contributed by atoms with E-state index in [-0.39, 0.29) is 22.7 Å². The lowest BCUT2D eigenvalue weighted by Gasteiger charge is -2.32. The number of benzene rings is 3. The van der Waals surface area contributed by atoms with Crippen LogP contribution in [0.25, 0.3) is 0 Å². The normalized spacial score (nSPS) is 12.0. The molecule has 0 spiro atoms. The average molecular weight is 619 g/mol. The number of carbonyl (C=O) groups is 2. The second kappa shape index (κ2) is 13.7. The molecule has 0 aliphatic rings. The van der Waals surface area contributed by atoms with Gasteiger partial charge in [-0.1, -0.05) is 65.2 Å². The highest BCUT2D eigenvalue weighted by Gasteiger charge is 2.32. The number of halogens is 2. The third kappa shape index (κ3) is 7.89. The van der Waals surface area contributed by atoms with Gasteiger partial charge in [0.15, 0.2) is 0 Å². The molecule has 2 amide bonds. The number of nitrogens with zero attached hydrogens (tertiary/aromatic N) is 2. The monoisotopic (exact) mass is 617 g/mol. The minimum Gasteiger partial charge on any atom is -0.354 e. The van der Waals surface area contributed by atoms with Gasteiger partial charge in [-0.25, -0.2) is 12.8 Å². The van der Waals surface area contributed by atoms with Gasteiger partial charge in [-0.3, -0.25) is 13.9 Å². The van der Waals surface area contributed by atoms with Crippen LogP contribution in [0.15, 0.2) is 82.2 Å². The smallest absolute Gasteiger partial charge is 0.264 e. The van der Waals surface area contributed by atoms with E-state index in [1.807, 2.05) is 13.8 Å². The topological polar surface area (TPSA) is 86.8 Å². The second-order valence-electron chi connectivity index (χ2n) is 9.23. The molecular weight excluding hydrogens is 585 g/mol. The van der Waals surface area contributed by atoms with E-state index in [9.17, 15) is 22.4 Å². The van der Waals surface area contributed by atoms with Gasteiger partial charge >= 0.3 is 0 Å². The van der Waals surface area contributed by atoms with Crippen LogP contribution in [0.5, 0.6) is 0 Å². The highest BCUT2D eigenvalue weighted by atomic mass is 79.9. The fourth-order valence-electron chi connectivity index (χ4n) is 3.90. The molecule has 10 heteroatoms. The number of nitrogens with one attached hydrogen (secondary N) is 1. The van der Waals surface area contributed by atoms with Crippen molar-refractivity contribution < 1.29 is 22.4 Å². The average Bonchev–Trinajstić information content (AvgIpc) is 2.91. The summed E-state index contributed by atoms with van der Waals surface area (Å²) in [6.07, 6.45) is 1.65. The number of anilines is 1. The largest absolute Gasteiger partial charge is 0.354 e. The van der Waals surface area contributed by atoms with E-state index in [0.717, 1.165) is 27.2 Å². The van der Waals surface area contributed by atoms with Crippen LogP contribution in [0, 0.1) is 12.7 Å². The number of sulfonamides is 1. The molecule has 3 aromatic rings. The van der Waals surface area contributed by atoms with Gasteiger partial charge in [0.05, 0.1) is 10.6 Å². The highest BCUT2D eigenvalue weighted by molar-refractivity contribution is 9.10. The Labute approximate surface area is 238 Å². The van der Waals surface area contributed by atoms with Crippen LogP contribution in [0.1, 0.15) is 37.8 Å². The quantitative estimate of drug-likeness (QED) is 0.275. The minimum atomic E-state index is -4.16. The molecule has 7 nitrogen and oxygen atoms in total. The van der Waals surface area contributed by atoms with Crippen molar-refractivity contribution in [3.8, 4) is 0 Å². The van der Waals surface area contributed by atoms with Gasteiger partial charge in [-0.05, 0) is 62.7 Å². The Morgan fingerprint density at radius 3 is 2.26 bits per heavy atom. The number of rotatable bonds is 12. The summed E-state index contributed by atoms with van der Waals surface area (Å²) in [5, 5.41) is 2.81. The summed E-state index contributed by atoms with van der Waals surface area (Å²) >= 11 is 3.35. The minimum absolute atomic E-state index is 0.0230. The first-order valence-electron chi connectivity index (χ1n) is 12.7. The summed E-state index contributed by atoms with van der Waals surface area (Å²) in [5.74, 6) is -1.56. The van der Waals surface area contributed by atoms with Gasteiger partial charge in [0.2, 0.25) is 11.8 Å². The molecule has 0 bridgehead atoms. The van der Waals surface area contributed by atoms with Gasteiger partial charge in [-0.2, -0.15) is 0 Å². The zero-order chi connectivity index (χ0) is 28.6. The number of carbonyl (C=O) groups excluding carboxylic acids is 2. The van der Waals surface area contributed by atoms with Crippen molar-refractivity contribution >= 4 is 43.5 Å². The lowest BCUT2D eigenvalue weighted by Crippen LogP contribution is -2.51. The van der Waals surface area contributed by atoms with E-state index in [1.165, 1.54) is 35.2 Å². The van der Waals surface area contributed by atoms with E-state index in [4.69, 9.17) is 0 Å². The molecule has 0 fully saturated rings. The van der Waals surface area contributed by atoms with Crippen LogP contribution in [0.2, 0.25) is 0 Å². The maximum Gasteiger partial charge on any atom is 0.264 e. The first-order valence-corrected chi connectivity index (χ1v) is 14.9. The van der Waals surface area contributed by atoms with Crippen molar-refractivity contribution in [3.63, 3.8) is 0 Å². The summed E-state index contributed by atoms with van der Waals surface area (Å²) in [6.45, 7) is 5.05. The predicted molar refractivity (Wildman–Crippen MR) is 154 cm³/mol. The second-order valence-corrected chi connectivity index (χ2v) is 12.0. The molecule has 0 radical (unpaired) electrons.